The van der Waals surface area contributed by atoms with Gasteiger partial charge in [-0.3, -0.25) is 9.52 Å². The molecule has 0 aliphatic heterocycles. The predicted molar refractivity (Wildman–Crippen MR) is 131 cm³/mol. The number of nitrogens with zero attached hydrogens (tertiary/aromatic N) is 1. The first kappa shape index (κ1) is 23.1. The Balaban J connectivity index is 1.86. The highest BCUT2D eigenvalue weighted by atomic mass is 32.2. The zero-order chi connectivity index (χ0) is 21.9. The van der Waals surface area contributed by atoms with Gasteiger partial charge in [-0.15, -0.1) is 27.7 Å². The Morgan fingerprint density at radius 2 is 1.87 bits per heavy atom. The molecule has 2 N–H and O–H groups in total. The molecule has 0 fully saturated rings. The Morgan fingerprint density at radius 1 is 1.10 bits per heavy atom. The number of hydrogen-bond acceptors (Lipinski definition) is 6. The van der Waals surface area contributed by atoms with E-state index in [-0.39, 0.29) is 21.2 Å². The number of anilines is 2. The summed E-state index contributed by atoms with van der Waals surface area (Å²) in [6.07, 6.45) is 1.53. The average Bonchev–Trinajstić information content (AvgIpc) is 3.22. The van der Waals surface area contributed by atoms with Crippen LogP contribution in [0.1, 0.15) is 15.2 Å². The van der Waals surface area contributed by atoms with E-state index in [2.05, 4.69) is 42.1 Å². The van der Waals surface area contributed by atoms with E-state index < -0.39 is 10.0 Å². The summed E-state index contributed by atoms with van der Waals surface area (Å²) in [6, 6.07) is 13.0. The highest BCUT2D eigenvalue weighted by Crippen LogP contribution is 2.45. The van der Waals surface area contributed by atoms with E-state index in [1.165, 1.54) is 31.5 Å². The first-order valence-electron chi connectivity index (χ1n) is 8.50. The molecule has 0 bridgehead atoms. The molecule has 12 heteroatoms. The number of carbonyl (C=O) groups is 1. The molecule has 0 saturated carbocycles. The minimum absolute atomic E-state index is 0.0416. The first-order chi connectivity index (χ1) is 14.1. The monoisotopic (exact) mass is 499 g/mol. The van der Waals surface area contributed by atoms with Crippen LogP contribution in [0.3, 0.4) is 0 Å². The Morgan fingerprint density at radius 3 is 2.50 bits per heavy atom. The van der Waals surface area contributed by atoms with Crippen molar-refractivity contribution in [3.8, 4) is 5.75 Å². The van der Waals surface area contributed by atoms with Crippen molar-refractivity contribution in [2.45, 2.75) is 9.53 Å². The summed E-state index contributed by atoms with van der Waals surface area (Å²) in [6.45, 7) is 0. The number of nitrogens with one attached hydrogen (secondary N) is 2. The second kappa shape index (κ2) is 9.25. The second-order valence-electron chi connectivity index (χ2n) is 6.32. The maximum Gasteiger partial charge on any atom is 0.267 e. The summed E-state index contributed by atoms with van der Waals surface area (Å²) in [7, 11) is 5.42. The maximum atomic E-state index is 13.0. The molecule has 1 aromatic heterocycles. The van der Waals surface area contributed by atoms with Crippen molar-refractivity contribution in [1.29, 1.82) is 0 Å². The fourth-order valence-electron chi connectivity index (χ4n) is 2.56. The number of ether oxygens (including phenoxy) is 1. The van der Waals surface area contributed by atoms with E-state index in [1.54, 1.807) is 24.3 Å². The van der Waals surface area contributed by atoms with Gasteiger partial charge in [-0.25, -0.2) is 12.8 Å². The third kappa shape index (κ3) is 5.54. The Labute approximate surface area is 186 Å². The van der Waals surface area contributed by atoms with Gasteiger partial charge >= 0.3 is 0 Å². The normalized spacial score (nSPS) is 11.7. The van der Waals surface area contributed by atoms with Crippen molar-refractivity contribution in [2.24, 2.45) is 0 Å². The van der Waals surface area contributed by atoms with Crippen LogP contribution < -0.4 is 14.8 Å². The third-order valence-corrected chi connectivity index (χ3v) is 7.15. The molecule has 1 heterocycles. The molecular weight excluding hydrogens is 479 g/mol. The van der Waals surface area contributed by atoms with Crippen molar-refractivity contribution in [1.82, 2.24) is 4.37 Å². The van der Waals surface area contributed by atoms with Crippen LogP contribution in [0.25, 0.3) is 0 Å². The number of hydrogen-bond donors (Lipinski definition) is 2. The number of methoxy groups -OCH3 is 1. The van der Waals surface area contributed by atoms with Crippen LogP contribution in [-0.4, -0.2) is 25.8 Å². The van der Waals surface area contributed by atoms with E-state index in [0.717, 1.165) is 17.1 Å². The fourth-order valence-corrected chi connectivity index (χ4v) is 4.79. The number of benzene rings is 2. The third-order valence-electron chi connectivity index (χ3n) is 3.99. The highest BCUT2D eigenvalue weighted by molar-refractivity contribution is 7.92. The van der Waals surface area contributed by atoms with Crippen LogP contribution in [0.2, 0.25) is 0 Å². The quantitative estimate of drug-likeness (QED) is 0.480. The Bertz CT molecular complexity index is 1160. The molecule has 3 unspecified atom stereocenters. The summed E-state index contributed by atoms with van der Waals surface area (Å²) in [5.74, 6) is -0.223. The molecule has 3 atom stereocenters. The number of aromatic nitrogens is 1. The van der Waals surface area contributed by atoms with Crippen molar-refractivity contribution in [2.75, 3.05) is 17.1 Å². The predicted octanol–water partition coefficient (Wildman–Crippen LogP) is 3.94. The zero-order valence-electron chi connectivity index (χ0n) is 15.8. The standard InChI is InChI=1S/C18H20N3O4P3S2/c1-25-14-10-12(20-17(22)15-7-8-19-29-15)5-6-16(14)30(23,24)21-13-4-2-3-11(9-13)18(26,27)28/h2-10,21H,26-28H2,1H3,(H,20,22). The molecule has 0 radical (unpaired) electrons. The van der Waals surface area contributed by atoms with E-state index in [0.29, 0.717) is 16.3 Å². The highest BCUT2D eigenvalue weighted by Gasteiger charge is 2.22. The van der Waals surface area contributed by atoms with Gasteiger partial charge in [-0.2, -0.15) is 0 Å². The minimum Gasteiger partial charge on any atom is -0.495 e. The number of amides is 1. The Hall–Kier alpha value is -1.62. The largest absolute Gasteiger partial charge is 0.495 e. The number of carbonyl (C=O) groups excluding carboxylic acids is 1. The van der Waals surface area contributed by atoms with E-state index >= 15 is 0 Å². The molecule has 158 valence electrons. The lowest BCUT2D eigenvalue weighted by molar-refractivity contribution is 0.103. The smallest absolute Gasteiger partial charge is 0.267 e. The summed E-state index contributed by atoms with van der Waals surface area (Å²) < 4.78 is 37.3. The first-order valence-corrected chi connectivity index (χ1v) is 12.5. The van der Waals surface area contributed by atoms with Crippen LogP contribution in [0, 0.1) is 0 Å². The van der Waals surface area contributed by atoms with Gasteiger partial charge in [0, 0.05) is 28.3 Å². The van der Waals surface area contributed by atoms with Crippen LogP contribution in [0.15, 0.2) is 59.6 Å². The van der Waals surface area contributed by atoms with Crippen molar-refractivity contribution < 1.29 is 17.9 Å². The summed E-state index contributed by atoms with van der Waals surface area (Å²) in [5.41, 5.74) is 1.73. The van der Waals surface area contributed by atoms with Gasteiger partial charge in [0.05, 0.1) is 7.11 Å². The van der Waals surface area contributed by atoms with Gasteiger partial charge in [-0.05, 0) is 47.4 Å². The molecule has 0 saturated heterocycles. The summed E-state index contributed by atoms with van der Waals surface area (Å²) in [5, 5.41) is 2.70. The molecule has 2 aromatic carbocycles. The van der Waals surface area contributed by atoms with Crippen LogP contribution in [0.4, 0.5) is 11.4 Å². The lowest BCUT2D eigenvalue weighted by Crippen LogP contribution is -2.15. The second-order valence-corrected chi connectivity index (χ2v) is 13.7. The van der Waals surface area contributed by atoms with Crippen molar-refractivity contribution in [3.05, 3.63) is 65.2 Å². The van der Waals surface area contributed by atoms with E-state index in [9.17, 15) is 13.2 Å². The van der Waals surface area contributed by atoms with Crippen molar-refractivity contribution in [3.63, 3.8) is 0 Å². The maximum absolute atomic E-state index is 13.0. The Kier molecular flexibility index (Phi) is 7.11. The molecule has 0 spiro atoms. The molecule has 30 heavy (non-hydrogen) atoms. The minimum atomic E-state index is -3.92. The SMILES string of the molecule is COc1cc(NC(=O)c2ccns2)ccc1S(=O)(=O)Nc1cccc(C(P)(P)P)c1. The van der Waals surface area contributed by atoms with Gasteiger partial charge in [0.2, 0.25) is 0 Å². The summed E-state index contributed by atoms with van der Waals surface area (Å²) >= 11 is 1.07. The van der Waals surface area contributed by atoms with Crippen molar-refractivity contribution >= 4 is 66.6 Å². The topological polar surface area (TPSA) is 97.4 Å². The van der Waals surface area contributed by atoms with Gasteiger partial charge in [0.1, 0.15) is 15.5 Å². The fraction of sp³-hybridized carbons (Fsp3) is 0.111. The van der Waals surface area contributed by atoms with Crippen LogP contribution >= 0.6 is 39.3 Å². The molecule has 0 aliphatic rings. The average molecular weight is 499 g/mol. The number of sulfonamides is 1. The van der Waals surface area contributed by atoms with Crippen LogP contribution in [-0.2, 0) is 14.7 Å². The number of rotatable bonds is 7. The van der Waals surface area contributed by atoms with Gasteiger partial charge in [-0.1, -0.05) is 12.1 Å². The zero-order valence-corrected chi connectivity index (χ0v) is 20.9. The molecular formula is C18H20N3O4P3S2. The van der Waals surface area contributed by atoms with Gasteiger partial charge in [0.15, 0.2) is 0 Å². The summed E-state index contributed by atoms with van der Waals surface area (Å²) in [4.78, 5) is 12.6. The molecule has 0 aliphatic carbocycles. The molecule has 7 nitrogen and oxygen atoms in total. The van der Waals surface area contributed by atoms with Crippen LogP contribution in [0.5, 0.6) is 5.75 Å². The van der Waals surface area contributed by atoms with Gasteiger partial charge < -0.3 is 10.1 Å². The molecule has 3 rings (SSSR count). The van der Waals surface area contributed by atoms with E-state index in [1.807, 2.05) is 6.07 Å². The van der Waals surface area contributed by atoms with Gasteiger partial charge in [0.25, 0.3) is 15.9 Å². The molecule has 3 aromatic rings. The molecule has 1 amide bonds. The van der Waals surface area contributed by atoms with E-state index in [4.69, 9.17) is 4.74 Å². The lowest BCUT2D eigenvalue weighted by atomic mass is 10.2. The lowest BCUT2D eigenvalue weighted by Gasteiger charge is -2.20.